The number of aliphatic hydroxyl groups is 1. The number of anilines is 1. The molecule has 72 valence electrons. The minimum Gasteiger partial charge on any atom is -0.398 e. The lowest BCUT2D eigenvalue weighted by Gasteiger charge is -2.12. The summed E-state index contributed by atoms with van der Waals surface area (Å²) in [5, 5.41) is 9.50. The molecule has 0 saturated carbocycles. The molecule has 0 aliphatic rings. The summed E-state index contributed by atoms with van der Waals surface area (Å²) in [6.45, 7) is 4.09. The summed E-state index contributed by atoms with van der Waals surface area (Å²) in [5.41, 5.74) is 14.7. The molecule has 1 atom stereocenters. The monoisotopic (exact) mass is 180 g/mol. The van der Waals surface area contributed by atoms with Gasteiger partial charge in [0.15, 0.2) is 0 Å². The predicted octanol–water partition coefficient (Wildman–Crippen LogP) is 0.878. The van der Waals surface area contributed by atoms with Crippen LogP contribution >= 0.6 is 0 Å². The van der Waals surface area contributed by atoms with Crippen LogP contribution in [0.25, 0.3) is 0 Å². The molecule has 13 heavy (non-hydrogen) atoms. The van der Waals surface area contributed by atoms with Crippen LogP contribution in [0.1, 0.15) is 22.8 Å². The molecule has 3 heteroatoms. The molecule has 0 radical (unpaired) electrons. The van der Waals surface area contributed by atoms with Crippen LogP contribution in [0.15, 0.2) is 12.1 Å². The Morgan fingerprint density at radius 2 is 1.77 bits per heavy atom. The van der Waals surface area contributed by atoms with Gasteiger partial charge >= 0.3 is 0 Å². The lowest BCUT2D eigenvalue weighted by atomic mass is 10.0. The Labute approximate surface area is 78.4 Å². The van der Waals surface area contributed by atoms with Crippen molar-refractivity contribution in [1.29, 1.82) is 0 Å². The standard InChI is InChI=1S/C10H16N2O/c1-6-3-8(9(13)5-11)4-7(2)10(6)12/h3-4,9,13H,5,11-12H2,1-2H3. The third-order valence-electron chi connectivity index (χ3n) is 2.22. The van der Waals surface area contributed by atoms with Gasteiger partial charge in [-0.25, -0.2) is 0 Å². The van der Waals surface area contributed by atoms with E-state index in [0.717, 1.165) is 22.4 Å². The van der Waals surface area contributed by atoms with Crippen LogP contribution in [0.5, 0.6) is 0 Å². The normalized spacial score (nSPS) is 12.9. The maximum atomic E-state index is 9.50. The number of rotatable bonds is 2. The lowest BCUT2D eigenvalue weighted by molar-refractivity contribution is 0.186. The number of nitrogen functional groups attached to an aromatic ring is 1. The quantitative estimate of drug-likeness (QED) is 0.591. The first-order valence-corrected chi connectivity index (χ1v) is 4.31. The van der Waals surface area contributed by atoms with Gasteiger partial charge in [0.05, 0.1) is 6.10 Å². The Kier molecular flexibility index (Phi) is 2.90. The molecule has 1 aromatic rings. The van der Waals surface area contributed by atoms with E-state index in [2.05, 4.69) is 0 Å². The summed E-state index contributed by atoms with van der Waals surface area (Å²) in [6, 6.07) is 3.75. The molecule has 0 aliphatic heterocycles. The second-order valence-electron chi connectivity index (χ2n) is 3.32. The largest absolute Gasteiger partial charge is 0.398 e. The molecule has 5 N–H and O–H groups in total. The zero-order valence-electron chi connectivity index (χ0n) is 8.04. The summed E-state index contributed by atoms with van der Waals surface area (Å²) < 4.78 is 0. The molecule has 0 bridgehead atoms. The van der Waals surface area contributed by atoms with Gasteiger partial charge in [-0.1, -0.05) is 12.1 Å². The lowest BCUT2D eigenvalue weighted by Crippen LogP contribution is -2.12. The summed E-state index contributed by atoms with van der Waals surface area (Å²) in [4.78, 5) is 0. The first-order valence-electron chi connectivity index (χ1n) is 4.31. The van der Waals surface area contributed by atoms with Crippen molar-refractivity contribution in [3.8, 4) is 0 Å². The average molecular weight is 180 g/mol. The summed E-state index contributed by atoms with van der Waals surface area (Å²) in [7, 11) is 0. The molecule has 0 saturated heterocycles. The second kappa shape index (κ2) is 3.77. The van der Waals surface area contributed by atoms with Crippen LogP contribution in [-0.2, 0) is 0 Å². The predicted molar refractivity (Wildman–Crippen MR) is 54.3 cm³/mol. The summed E-state index contributed by atoms with van der Waals surface area (Å²) >= 11 is 0. The minimum atomic E-state index is -0.585. The number of aryl methyl sites for hydroxylation is 2. The Morgan fingerprint density at radius 1 is 1.31 bits per heavy atom. The number of hydrogen-bond acceptors (Lipinski definition) is 3. The van der Waals surface area contributed by atoms with E-state index < -0.39 is 6.10 Å². The first-order chi connectivity index (χ1) is 6.06. The van der Waals surface area contributed by atoms with Gasteiger partial charge < -0.3 is 16.6 Å². The third-order valence-corrected chi connectivity index (χ3v) is 2.22. The highest BCUT2D eigenvalue weighted by Gasteiger charge is 2.08. The Bertz CT molecular complexity index is 287. The van der Waals surface area contributed by atoms with Gasteiger partial charge in [0, 0.05) is 12.2 Å². The summed E-state index contributed by atoms with van der Waals surface area (Å²) in [6.07, 6.45) is -0.585. The fraction of sp³-hybridized carbons (Fsp3) is 0.400. The number of aliphatic hydroxyl groups excluding tert-OH is 1. The van der Waals surface area contributed by atoms with Gasteiger partial charge in [-0.05, 0) is 30.5 Å². The molecule has 3 nitrogen and oxygen atoms in total. The van der Waals surface area contributed by atoms with E-state index >= 15 is 0 Å². The highest BCUT2D eigenvalue weighted by molar-refractivity contribution is 5.54. The zero-order valence-corrected chi connectivity index (χ0v) is 8.04. The Morgan fingerprint density at radius 3 is 2.15 bits per heavy atom. The van der Waals surface area contributed by atoms with Crippen LogP contribution in [0, 0.1) is 13.8 Å². The highest BCUT2D eigenvalue weighted by Crippen LogP contribution is 2.22. The van der Waals surface area contributed by atoms with Crippen LogP contribution in [0.4, 0.5) is 5.69 Å². The molecular formula is C10H16N2O. The van der Waals surface area contributed by atoms with Crippen LogP contribution in [-0.4, -0.2) is 11.7 Å². The Hall–Kier alpha value is -1.06. The fourth-order valence-electron chi connectivity index (χ4n) is 1.34. The van der Waals surface area contributed by atoms with Crippen molar-refractivity contribution in [1.82, 2.24) is 0 Å². The second-order valence-corrected chi connectivity index (χ2v) is 3.32. The van der Waals surface area contributed by atoms with Crippen molar-refractivity contribution >= 4 is 5.69 Å². The molecule has 1 rings (SSSR count). The van der Waals surface area contributed by atoms with E-state index in [1.165, 1.54) is 0 Å². The number of nitrogens with two attached hydrogens (primary N) is 2. The molecule has 0 aromatic heterocycles. The zero-order chi connectivity index (χ0) is 10.0. The van der Waals surface area contributed by atoms with Crippen molar-refractivity contribution in [3.63, 3.8) is 0 Å². The van der Waals surface area contributed by atoms with Crippen LogP contribution in [0.3, 0.4) is 0 Å². The molecule has 0 heterocycles. The van der Waals surface area contributed by atoms with Gasteiger partial charge in [-0.3, -0.25) is 0 Å². The SMILES string of the molecule is Cc1cc(C(O)CN)cc(C)c1N. The fourth-order valence-corrected chi connectivity index (χ4v) is 1.34. The van der Waals surface area contributed by atoms with E-state index in [1.807, 2.05) is 26.0 Å². The van der Waals surface area contributed by atoms with Gasteiger partial charge in [0.25, 0.3) is 0 Å². The van der Waals surface area contributed by atoms with Gasteiger partial charge in [-0.15, -0.1) is 0 Å². The maximum Gasteiger partial charge on any atom is 0.0912 e. The van der Waals surface area contributed by atoms with E-state index in [1.54, 1.807) is 0 Å². The Balaban J connectivity index is 3.13. The first kappa shape index (κ1) is 10.0. The van der Waals surface area contributed by atoms with Gasteiger partial charge in [0.1, 0.15) is 0 Å². The van der Waals surface area contributed by atoms with E-state index in [-0.39, 0.29) is 6.54 Å². The van der Waals surface area contributed by atoms with E-state index in [9.17, 15) is 5.11 Å². The maximum absolute atomic E-state index is 9.50. The molecule has 0 fully saturated rings. The molecular weight excluding hydrogens is 164 g/mol. The van der Waals surface area contributed by atoms with E-state index in [0.29, 0.717) is 0 Å². The van der Waals surface area contributed by atoms with Crippen LogP contribution in [0.2, 0.25) is 0 Å². The average Bonchev–Trinajstić information content (AvgIpc) is 2.12. The van der Waals surface area contributed by atoms with Crippen molar-refractivity contribution in [2.45, 2.75) is 20.0 Å². The van der Waals surface area contributed by atoms with E-state index in [4.69, 9.17) is 11.5 Å². The van der Waals surface area contributed by atoms with Crippen molar-refractivity contribution in [3.05, 3.63) is 28.8 Å². The number of hydrogen-bond donors (Lipinski definition) is 3. The van der Waals surface area contributed by atoms with Crippen LogP contribution < -0.4 is 11.5 Å². The summed E-state index contributed by atoms with van der Waals surface area (Å²) in [5.74, 6) is 0. The number of benzene rings is 1. The molecule has 1 unspecified atom stereocenters. The smallest absolute Gasteiger partial charge is 0.0912 e. The molecule has 0 aliphatic carbocycles. The van der Waals surface area contributed by atoms with Gasteiger partial charge in [0.2, 0.25) is 0 Å². The molecule has 1 aromatic carbocycles. The topological polar surface area (TPSA) is 72.3 Å². The van der Waals surface area contributed by atoms with Crippen molar-refractivity contribution in [2.24, 2.45) is 5.73 Å². The van der Waals surface area contributed by atoms with Crippen molar-refractivity contribution < 1.29 is 5.11 Å². The molecule has 0 spiro atoms. The minimum absolute atomic E-state index is 0.239. The van der Waals surface area contributed by atoms with Gasteiger partial charge in [-0.2, -0.15) is 0 Å². The van der Waals surface area contributed by atoms with Crippen molar-refractivity contribution in [2.75, 3.05) is 12.3 Å². The highest BCUT2D eigenvalue weighted by atomic mass is 16.3. The molecule has 0 amide bonds. The third kappa shape index (κ3) is 1.99.